The molecule has 2 aliphatic heterocycles. The molecule has 4 heterocycles. The molecule has 2 fully saturated rings. The smallest absolute Gasteiger partial charge is 0.239 e. The normalized spacial score (nSPS) is 18.8. The Kier molecular flexibility index (Phi) is 6.27. The molecule has 0 saturated carbocycles. The first kappa shape index (κ1) is 22.2. The van der Waals surface area contributed by atoms with Crippen LogP contribution in [0.15, 0.2) is 24.4 Å². The van der Waals surface area contributed by atoms with Crippen LogP contribution >= 0.6 is 23.2 Å². The number of nitrogens with zero attached hydrogens (tertiary/aromatic N) is 6. The van der Waals surface area contributed by atoms with Gasteiger partial charge in [-0.3, -0.25) is 9.48 Å². The number of aromatic nitrogens is 4. The van der Waals surface area contributed by atoms with Gasteiger partial charge in [0.1, 0.15) is 11.0 Å². The summed E-state index contributed by atoms with van der Waals surface area (Å²) in [6.07, 6.45) is 3.73. The number of amides is 1. The number of piperazine rings is 1. The van der Waals surface area contributed by atoms with Crippen LogP contribution in [0.2, 0.25) is 10.0 Å². The number of hydrogen-bond acceptors (Lipinski definition) is 7. The van der Waals surface area contributed by atoms with Crippen molar-refractivity contribution in [2.24, 2.45) is 7.05 Å². The van der Waals surface area contributed by atoms with Crippen LogP contribution in [0.4, 0.5) is 11.8 Å². The highest BCUT2D eigenvalue weighted by molar-refractivity contribution is 6.35. The zero-order chi connectivity index (χ0) is 22.9. The number of aryl methyl sites for hydroxylation is 1. The average molecular weight is 489 g/mol. The molecule has 0 aliphatic carbocycles. The molecule has 0 bridgehead atoms. The molecule has 11 heteroatoms. The lowest BCUT2D eigenvalue weighted by molar-refractivity contribution is -0.133. The van der Waals surface area contributed by atoms with Crippen molar-refractivity contribution in [1.82, 2.24) is 30.0 Å². The van der Waals surface area contributed by atoms with E-state index in [1.54, 1.807) is 16.9 Å². The highest BCUT2D eigenvalue weighted by Crippen LogP contribution is 2.26. The van der Waals surface area contributed by atoms with E-state index in [9.17, 15) is 4.79 Å². The molecule has 2 N–H and O–H groups in total. The Bertz CT molecular complexity index is 1170. The summed E-state index contributed by atoms with van der Waals surface area (Å²) in [5.41, 5.74) is 2.51. The number of anilines is 2. The third-order valence-electron chi connectivity index (χ3n) is 6.27. The molecule has 2 aromatic heterocycles. The van der Waals surface area contributed by atoms with Gasteiger partial charge in [-0.15, -0.1) is 0 Å². The van der Waals surface area contributed by atoms with Crippen LogP contribution in [0.3, 0.4) is 0 Å². The maximum atomic E-state index is 12.7. The van der Waals surface area contributed by atoms with E-state index in [4.69, 9.17) is 33.2 Å². The maximum Gasteiger partial charge on any atom is 0.239 e. The molecule has 3 aromatic rings. The zero-order valence-electron chi connectivity index (χ0n) is 18.4. The van der Waals surface area contributed by atoms with Crippen LogP contribution in [0.5, 0.6) is 0 Å². The Balaban J connectivity index is 1.33. The molecule has 5 rings (SSSR count). The van der Waals surface area contributed by atoms with E-state index in [1.807, 2.05) is 24.1 Å². The largest absolute Gasteiger partial charge is 0.364 e. The minimum atomic E-state index is -0.0324. The van der Waals surface area contributed by atoms with Gasteiger partial charge in [0.2, 0.25) is 11.9 Å². The second-order valence-corrected chi connectivity index (χ2v) is 9.27. The van der Waals surface area contributed by atoms with Crippen LogP contribution in [-0.2, 0) is 18.4 Å². The minimum Gasteiger partial charge on any atom is -0.364 e. The van der Waals surface area contributed by atoms with Gasteiger partial charge in [0.15, 0.2) is 5.82 Å². The summed E-state index contributed by atoms with van der Waals surface area (Å²) < 4.78 is 1.76. The minimum absolute atomic E-state index is 0.0324. The quantitative estimate of drug-likeness (QED) is 0.570. The molecule has 0 spiro atoms. The molecular formula is C22H26Cl2N8O. The fourth-order valence-corrected chi connectivity index (χ4v) is 4.89. The van der Waals surface area contributed by atoms with Crippen molar-refractivity contribution in [3.8, 4) is 0 Å². The summed E-state index contributed by atoms with van der Waals surface area (Å²) in [4.78, 5) is 26.4. The van der Waals surface area contributed by atoms with E-state index in [1.165, 1.54) is 0 Å². The van der Waals surface area contributed by atoms with Crippen LogP contribution in [0.25, 0.3) is 11.0 Å². The summed E-state index contributed by atoms with van der Waals surface area (Å²) in [6, 6.07) is 5.41. The predicted octanol–water partition coefficient (Wildman–Crippen LogP) is 2.68. The van der Waals surface area contributed by atoms with Gasteiger partial charge in [0, 0.05) is 49.8 Å². The second kappa shape index (κ2) is 9.32. The van der Waals surface area contributed by atoms with Crippen molar-refractivity contribution in [1.29, 1.82) is 0 Å². The van der Waals surface area contributed by atoms with Crippen LogP contribution in [0.1, 0.15) is 18.4 Å². The second-order valence-electron chi connectivity index (χ2n) is 8.42. The third-order valence-corrected chi connectivity index (χ3v) is 6.86. The fourth-order valence-electron chi connectivity index (χ4n) is 4.42. The van der Waals surface area contributed by atoms with Crippen LogP contribution < -0.4 is 15.5 Å². The van der Waals surface area contributed by atoms with Gasteiger partial charge in [-0.05, 0) is 37.1 Å². The zero-order valence-corrected chi connectivity index (χ0v) is 19.9. The van der Waals surface area contributed by atoms with Gasteiger partial charge in [-0.1, -0.05) is 29.3 Å². The molecule has 2 aliphatic rings. The molecule has 1 amide bonds. The molecule has 0 radical (unpaired) electrons. The predicted molar refractivity (Wildman–Crippen MR) is 130 cm³/mol. The van der Waals surface area contributed by atoms with E-state index in [2.05, 4.69) is 20.6 Å². The fraction of sp³-hybridized carbons (Fsp3) is 0.455. The third kappa shape index (κ3) is 4.58. The van der Waals surface area contributed by atoms with E-state index in [-0.39, 0.29) is 11.9 Å². The average Bonchev–Trinajstić information content (AvgIpc) is 3.48. The number of benzene rings is 1. The maximum absolute atomic E-state index is 12.7. The molecule has 1 aromatic carbocycles. The van der Waals surface area contributed by atoms with E-state index < -0.39 is 0 Å². The number of rotatable bonds is 5. The summed E-state index contributed by atoms with van der Waals surface area (Å²) in [6.45, 7) is 4.11. The highest BCUT2D eigenvalue weighted by Gasteiger charge is 2.30. The molecule has 1 atom stereocenters. The molecule has 0 unspecified atom stereocenters. The molecule has 2 saturated heterocycles. The van der Waals surface area contributed by atoms with Crippen molar-refractivity contribution < 1.29 is 4.79 Å². The molecule has 174 valence electrons. The van der Waals surface area contributed by atoms with Gasteiger partial charge < -0.3 is 20.4 Å². The van der Waals surface area contributed by atoms with Gasteiger partial charge in [-0.2, -0.15) is 10.1 Å². The first-order chi connectivity index (χ1) is 16.0. The highest BCUT2D eigenvalue weighted by atomic mass is 35.5. The molecule has 33 heavy (non-hydrogen) atoms. The Morgan fingerprint density at radius 1 is 1.21 bits per heavy atom. The number of nitrogens with one attached hydrogen (secondary N) is 2. The van der Waals surface area contributed by atoms with Gasteiger partial charge >= 0.3 is 0 Å². The number of fused-ring (bicyclic) bond motifs is 1. The van der Waals surface area contributed by atoms with Gasteiger partial charge in [0.25, 0.3) is 0 Å². The van der Waals surface area contributed by atoms with E-state index in [0.29, 0.717) is 54.5 Å². The summed E-state index contributed by atoms with van der Waals surface area (Å²) in [5, 5.41) is 12.3. The van der Waals surface area contributed by atoms with Crippen LogP contribution in [-0.4, -0.2) is 69.3 Å². The Morgan fingerprint density at radius 3 is 2.76 bits per heavy atom. The number of carbonyl (C=O) groups excluding carboxylic acids is 1. The lowest BCUT2D eigenvalue weighted by atomic mass is 10.2. The van der Waals surface area contributed by atoms with Gasteiger partial charge in [-0.25, -0.2) is 4.98 Å². The number of hydrogen-bond donors (Lipinski definition) is 2. The van der Waals surface area contributed by atoms with Gasteiger partial charge in [0.05, 0.1) is 12.2 Å². The lowest BCUT2D eigenvalue weighted by Crippen LogP contribution is -2.53. The van der Waals surface area contributed by atoms with Crippen molar-refractivity contribution in [2.45, 2.75) is 25.4 Å². The first-order valence-electron chi connectivity index (χ1n) is 11.1. The number of carbonyl (C=O) groups is 1. The summed E-state index contributed by atoms with van der Waals surface area (Å²) >= 11 is 12.4. The van der Waals surface area contributed by atoms with E-state index >= 15 is 0 Å². The van der Waals surface area contributed by atoms with Crippen molar-refractivity contribution >= 4 is 51.9 Å². The molecular weight excluding hydrogens is 463 g/mol. The Morgan fingerprint density at radius 2 is 2.03 bits per heavy atom. The van der Waals surface area contributed by atoms with Crippen molar-refractivity contribution in [3.63, 3.8) is 0 Å². The molecule has 9 nitrogen and oxygen atoms in total. The standard InChI is InChI=1S/C22H26Cl2N8O/c1-30-19-18(13-27-30)28-22(29-20(19)26-12-14-4-5-15(23)11-16(14)24)32-9-7-31(8-10-32)21(33)17-3-2-6-25-17/h4-5,11,13,17,25H,2-3,6-10,12H2,1H3,(H,26,28,29)/t17-/m1/s1. The van der Waals surface area contributed by atoms with Crippen LogP contribution in [0, 0.1) is 0 Å². The van der Waals surface area contributed by atoms with Crippen molar-refractivity contribution in [2.75, 3.05) is 42.9 Å². The lowest BCUT2D eigenvalue weighted by Gasteiger charge is -2.36. The summed E-state index contributed by atoms with van der Waals surface area (Å²) in [5.74, 6) is 1.53. The van der Waals surface area contributed by atoms with Crippen molar-refractivity contribution in [3.05, 3.63) is 40.0 Å². The van der Waals surface area contributed by atoms with E-state index in [0.717, 1.165) is 36.0 Å². The topological polar surface area (TPSA) is 91.2 Å². The number of halogens is 2. The Hall–Kier alpha value is -2.62. The Labute approximate surface area is 202 Å². The first-order valence-corrected chi connectivity index (χ1v) is 11.9. The SMILES string of the molecule is Cn1ncc2nc(N3CCN(C(=O)[C@H]4CCCN4)CC3)nc(NCc3ccc(Cl)cc3Cl)c21. The summed E-state index contributed by atoms with van der Waals surface area (Å²) in [7, 11) is 1.87. The monoisotopic (exact) mass is 488 g/mol.